The van der Waals surface area contributed by atoms with Crippen LogP contribution in [0.2, 0.25) is 0 Å². The standard InChI is InChI=1S/C11H20N4O2S/c1-7(2)6-17-5-4-14-10(16)8-9(12)15-11(13-3)18-8/h7H,4-6,12H2,1-3H3,(H,13,15)(H,14,16). The van der Waals surface area contributed by atoms with Crippen molar-refractivity contribution in [2.24, 2.45) is 5.92 Å². The summed E-state index contributed by atoms with van der Waals surface area (Å²) < 4.78 is 5.37. The van der Waals surface area contributed by atoms with E-state index in [4.69, 9.17) is 10.5 Å². The molecule has 0 saturated heterocycles. The van der Waals surface area contributed by atoms with E-state index in [2.05, 4.69) is 29.5 Å². The maximum Gasteiger partial charge on any atom is 0.265 e. The molecule has 18 heavy (non-hydrogen) atoms. The molecule has 0 aliphatic heterocycles. The van der Waals surface area contributed by atoms with Crippen LogP contribution in [-0.2, 0) is 4.74 Å². The van der Waals surface area contributed by atoms with Gasteiger partial charge in [-0.05, 0) is 5.92 Å². The van der Waals surface area contributed by atoms with Crippen LogP contribution in [0.5, 0.6) is 0 Å². The number of hydrogen-bond acceptors (Lipinski definition) is 6. The Kier molecular flexibility index (Phi) is 5.87. The van der Waals surface area contributed by atoms with Gasteiger partial charge in [0.25, 0.3) is 5.91 Å². The summed E-state index contributed by atoms with van der Waals surface area (Å²) in [6.45, 7) is 5.83. The minimum absolute atomic E-state index is 0.209. The van der Waals surface area contributed by atoms with Gasteiger partial charge >= 0.3 is 0 Å². The molecule has 7 heteroatoms. The van der Waals surface area contributed by atoms with Crippen LogP contribution in [0.3, 0.4) is 0 Å². The molecule has 0 aliphatic rings. The van der Waals surface area contributed by atoms with Crippen molar-refractivity contribution in [3.05, 3.63) is 4.88 Å². The Morgan fingerprint density at radius 1 is 1.56 bits per heavy atom. The molecular formula is C11H20N4O2S. The number of amides is 1. The quantitative estimate of drug-likeness (QED) is 0.648. The molecule has 1 amide bonds. The molecule has 0 spiro atoms. The Labute approximate surface area is 111 Å². The Morgan fingerprint density at radius 2 is 2.28 bits per heavy atom. The van der Waals surface area contributed by atoms with Crippen molar-refractivity contribution >= 4 is 28.2 Å². The smallest absolute Gasteiger partial charge is 0.265 e. The summed E-state index contributed by atoms with van der Waals surface area (Å²) in [7, 11) is 1.74. The van der Waals surface area contributed by atoms with Crippen molar-refractivity contribution < 1.29 is 9.53 Å². The van der Waals surface area contributed by atoms with Crippen LogP contribution in [0.25, 0.3) is 0 Å². The predicted molar refractivity (Wildman–Crippen MR) is 74.1 cm³/mol. The van der Waals surface area contributed by atoms with Gasteiger partial charge in [-0.3, -0.25) is 4.79 Å². The average molecular weight is 272 g/mol. The minimum Gasteiger partial charge on any atom is -0.382 e. The van der Waals surface area contributed by atoms with Gasteiger partial charge < -0.3 is 21.1 Å². The summed E-state index contributed by atoms with van der Waals surface area (Å²) in [5.74, 6) is 0.542. The molecule has 0 atom stereocenters. The molecule has 6 nitrogen and oxygen atoms in total. The molecule has 4 N–H and O–H groups in total. The van der Waals surface area contributed by atoms with Gasteiger partial charge in [-0.15, -0.1) is 0 Å². The van der Waals surface area contributed by atoms with E-state index in [-0.39, 0.29) is 11.7 Å². The number of thiazole rings is 1. The van der Waals surface area contributed by atoms with E-state index < -0.39 is 0 Å². The number of carbonyl (C=O) groups is 1. The van der Waals surface area contributed by atoms with Crippen molar-refractivity contribution in [2.45, 2.75) is 13.8 Å². The largest absolute Gasteiger partial charge is 0.382 e. The van der Waals surface area contributed by atoms with Crippen LogP contribution >= 0.6 is 11.3 Å². The number of anilines is 2. The summed E-state index contributed by atoms with van der Waals surface area (Å²) in [4.78, 5) is 16.2. The summed E-state index contributed by atoms with van der Waals surface area (Å²) in [5.41, 5.74) is 5.66. The predicted octanol–water partition coefficient (Wildman–Crippen LogP) is 1.17. The van der Waals surface area contributed by atoms with Crippen LogP contribution in [-0.4, -0.2) is 37.7 Å². The van der Waals surface area contributed by atoms with Gasteiger partial charge in [0.1, 0.15) is 10.7 Å². The third-order valence-electron chi connectivity index (χ3n) is 2.06. The molecule has 1 aromatic heterocycles. The van der Waals surface area contributed by atoms with E-state index in [1.807, 2.05) is 0 Å². The molecule has 1 heterocycles. The zero-order valence-corrected chi connectivity index (χ0v) is 11.8. The number of nitrogens with one attached hydrogen (secondary N) is 2. The Morgan fingerprint density at radius 3 is 2.83 bits per heavy atom. The molecule has 0 bridgehead atoms. The average Bonchev–Trinajstić information content (AvgIpc) is 2.69. The lowest BCUT2D eigenvalue weighted by Crippen LogP contribution is -2.27. The fourth-order valence-electron chi connectivity index (χ4n) is 1.24. The Hall–Kier alpha value is -1.34. The van der Waals surface area contributed by atoms with Crippen LogP contribution in [0.1, 0.15) is 23.5 Å². The lowest BCUT2D eigenvalue weighted by Gasteiger charge is -2.07. The van der Waals surface area contributed by atoms with Gasteiger partial charge in [0.15, 0.2) is 5.13 Å². The maximum atomic E-state index is 11.8. The molecule has 1 rings (SSSR count). The highest BCUT2D eigenvalue weighted by atomic mass is 32.1. The second kappa shape index (κ2) is 7.17. The number of carbonyl (C=O) groups excluding carboxylic acids is 1. The van der Waals surface area contributed by atoms with E-state index in [0.717, 1.165) is 0 Å². The topological polar surface area (TPSA) is 89.3 Å². The van der Waals surface area contributed by atoms with E-state index in [1.165, 1.54) is 11.3 Å². The molecule has 0 aliphatic carbocycles. The monoisotopic (exact) mass is 272 g/mol. The molecule has 0 unspecified atom stereocenters. The normalized spacial score (nSPS) is 10.7. The summed E-state index contributed by atoms with van der Waals surface area (Å²) >= 11 is 1.24. The van der Waals surface area contributed by atoms with E-state index in [9.17, 15) is 4.79 Å². The Balaban J connectivity index is 2.34. The first-order valence-corrected chi connectivity index (χ1v) is 6.66. The van der Waals surface area contributed by atoms with Gasteiger partial charge in [-0.25, -0.2) is 4.98 Å². The third-order valence-corrected chi connectivity index (χ3v) is 3.14. The summed E-state index contributed by atoms with van der Waals surface area (Å²) in [6, 6.07) is 0. The lowest BCUT2D eigenvalue weighted by atomic mass is 10.2. The Bertz CT molecular complexity index is 392. The summed E-state index contributed by atoms with van der Waals surface area (Å²) in [5, 5.41) is 6.24. The molecule has 0 radical (unpaired) electrons. The highest BCUT2D eigenvalue weighted by Crippen LogP contribution is 2.23. The lowest BCUT2D eigenvalue weighted by molar-refractivity contribution is 0.0890. The number of nitrogens with zero attached hydrogens (tertiary/aromatic N) is 1. The molecule has 0 saturated carbocycles. The molecule has 1 aromatic rings. The number of rotatable bonds is 7. The second-order valence-corrected chi connectivity index (χ2v) is 5.21. The molecule has 0 aromatic carbocycles. The van der Waals surface area contributed by atoms with Gasteiger partial charge in [0, 0.05) is 20.2 Å². The zero-order chi connectivity index (χ0) is 13.5. The zero-order valence-electron chi connectivity index (χ0n) is 10.9. The van der Waals surface area contributed by atoms with Crippen molar-refractivity contribution in [3.63, 3.8) is 0 Å². The number of hydrogen-bond donors (Lipinski definition) is 3. The van der Waals surface area contributed by atoms with Gasteiger partial charge in [-0.1, -0.05) is 25.2 Å². The van der Waals surface area contributed by atoms with Crippen molar-refractivity contribution in [3.8, 4) is 0 Å². The first-order chi connectivity index (χ1) is 8.54. The molecular weight excluding hydrogens is 252 g/mol. The summed E-state index contributed by atoms with van der Waals surface area (Å²) in [6.07, 6.45) is 0. The molecule has 102 valence electrons. The van der Waals surface area contributed by atoms with Crippen LogP contribution in [0.15, 0.2) is 0 Å². The van der Waals surface area contributed by atoms with Crippen LogP contribution < -0.4 is 16.4 Å². The van der Waals surface area contributed by atoms with Crippen LogP contribution in [0, 0.1) is 5.92 Å². The minimum atomic E-state index is -0.209. The maximum absolute atomic E-state index is 11.8. The van der Waals surface area contributed by atoms with E-state index in [1.54, 1.807) is 7.05 Å². The fourth-order valence-corrected chi connectivity index (χ4v) is 1.99. The first-order valence-electron chi connectivity index (χ1n) is 5.84. The second-order valence-electron chi connectivity index (χ2n) is 4.21. The van der Waals surface area contributed by atoms with Crippen molar-refractivity contribution in [1.82, 2.24) is 10.3 Å². The molecule has 0 fully saturated rings. The van der Waals surface area contributed by atoms with Gasteiger partial charge in [-0.2, -0.15) is 0 Å². The number of nitrogen functional groups attached to an aromatic ring is 1. The number of ether oxygens (including phenoxy) is 1. The van der Waals surface area contributed by atoms with Crippen molar-refractivity contribution in [1.29, 1.82) is 0 Å². The number of nitrogens with two attached hydrogens (primary N) is 1. The fraction of sp³-hybridized carbons (Fsp3) is 0.636. The van der Waals surface area contributed by atoms with Gasteiger partial charge in [0.2, 0.25) is 0 Å². The SMILES string of the molecule is CNc1nc(N)c(C(=O)NCCOCC(C)C)s1. The van der Waals surface area contributed by atoms with E-state index >= 15 is 0 Å². The van der Waals surface area contributed by atoms with E-state index in [0.29, 0.717) is 35.7 Å². The van der Waals surface area contributed by atoms with Crippen LogP contribution in [0.4, 0.5) is 10.9 Å². The van der Waals surface area contributed by atoms with Crippen molar-refractivity contribution in [2.75, 3.05) is 37.9 Å². The number of aromatic nitrogens is 1. The highest BCUT2D eigenvalue weighted by Gasteiger charge is 2.14. The first kappa shape index (κ1) is 14.7. The third kappa shape index (κ3) is 4.50. The highest BCUT2D eigenvalue weighted by molar-refractivity contribution is 7.18. The van der Waals surface area contributed by atoms with Gasteiger partial charge in [0.05, 0.1) is 6.61 Å².